The average molecular weight is 267 g/mol. The Kier molecular flexibility index (Phi) is 2.57. The molecule has 0 aliphatic carbocycles. The van der Waals surface area contributed by atoms with Crippen LogP contribution in [0.1, 0.15) is 5.69 Å². The summed E-state index contributed by atoms with van der Waals surface area (Å²) in [5.41, 5.74) is -3.10. The van der Waals surface area contributed by atoms with Crippen LogP contribution in [0.2, 0.25) is 5.02 Å². The van der Waals surface area contributed by atoms with Gasteiger partial charge in [-0.3, -0.25) is 0 Å². The number of nitrogens with zero attached hydrogens (tertiary/aromatic N) is 1. The number of alkyl halides is 3. The predicted octanol–water partition coefficient (Wildman–Crippen LogP) is 2.73. The number of hydrogen-bond donors (Lipinski definition) is 1. The Hall–Kier alpha value is -1.63. The Morgan fingerprint density at radius 1 is 1.29 bits per heavy atom. The highest BCUT2D eigenvalue weighted by Crippen LogP contribution is 2.34. The molecular formula is C9H3ClF4N2O. The third-order valence-corrected chi connectivity index (χ3v) is 2.35. The second-order valence-electron chi connectivity index (χ2n) is 3.17. The molecule has 3 nitrogen and oxygen atoms in total. The smallest absolute Gasteiger partial charge is 0.301 e. The summed E-state index contributed by atoms with van der Waals surface area (Å²) in [7, 11) is 0. The Labute approximate surface area is 96.0 Å². The molecule has 1 N–H and O–H groups in total. The van der Waals surface area contributed by atoms with Gasteiger partial charge < -0.3 is 4.98 Å². The van der Waals surface area contributed by atoms with Crippen LogP contribution in [0, 0.1) is 5.82 Å². The average Bonchev–Trinajstić information content (AvgIpc) is 2.21. The van der Waals surface area contributed by atoms with Crippen LogP contribution >= 0.6 is 11.6 Å². The maximum absolute atomic E-state index is 13.5. The van der Waals surface area contributed by atoms with E-state index in [2.05, 4.69) is 4.98 Å². The van der Waals surface area contributed by atoms with Crippen LogP contribution in [0.25, 0.3) is 10.9 Å². The van der Waals surface area contributed by atoms with Crippen LogP contribution in [-0.2, 0) is 6.18 Å². The highest BCUT2D eigenvalue weighted by molar-refractivity contribution is 6.31. The lowest BCUT2D eigenvalue weighted by Gasteiger charge is -2.10. The number of benzene rings is 1. The standard InChI is InChI=1S/C9H3ClF4N2O/c10-3-1-2-4-5(6(3)11)7(9(12,13)14)16-8(17)15-4/h1-2H,(H,15,16,17). The first-order valence-electron chi connectivity index (χ1n) is 4.26. The molecule has 1 aromatic heterocycles. The van der Waals surface area contributed by atoms with Crippen LogP contribution in [0.15, 0.2) is 16.9 Å². The van der Waals surface area contributed by atoms with Gasteiger partial charge in [-0.05, 0) is 12.1 Å². The van der Waals surface area contributed by atoms with Gasteiger partial charge in [0.15, 0.2) is 5.82 Å². The highest BCUT2D eigenvalue weighted by Gasteiger charge is 2.36. The van der Waals surface area contributed by atoms with E-state index in [1.807, 2.05) is 0 Å². The van der Waals surface area contributed by atoms with Gasteiger partial charge in [-0.2, -0.15) is 18.2 Å². The molecule has 0 saturated carbocycles. The zero-order chi connectivity index (χ0) is 12.8. The van der Waals surface area contributed by atoms with Crippen molar-refractivity contribution < 1.29 is 17.6 Å². The molecule has 0 atom stereocenters. The summed E-state index contributed by atoms with van der Waals surface area (Å²) in [6, 6.07) is 2.08. The van der Waals surface area contributed by atoms with E-state index in [1.54, 1.807) is 0 Å². The first kappa shape index (κ1) is 11.8. The van der Waals surface area contributed by atoms with E-state index in [0.29, 0.717) is 0 Å². The predicted molar refractivity (Wildman–Crippen MR) is 52.3 cm³/mol. The van der Waals surface area contributed by atoms with Crippen molar-refractivity contribution >= 4 is 22.5 Å². The second kappa shape index (κ2) is 3.69. The zero-order valence-electron chi connectivity index (χ0n) is 7.90. The fourth-order valence-corrected chi connectivity index (χ4v) is 1.55. The van der Waals surface area contributed by atoms with Crippen molar-refractivity contribution in [1.82, 2.24) is 9.97 Å². The fourth-order valence-electron chi connectivity index (χ4n) is 1.39. The molecule has 0 unspecified atom stereocenters. The van der Waals surface area contributed by atoms with Crippen molar-refractivity contribution in [2.75, 3.05) is 0 Å². The summed E-state index contributed by atoms with van der Waals surface area (Å²) >= 11 is 5.39. The molecule has 1 aromatic carbocycles. The minimum Gasteiger partial charge on any atom is -0.301 e. The van der Waals surface area contributed by atoms with Crippen LogP contribution in [-0.4, -0.2) is 9.97 Å². The van der Waals surface area contributed by atoms with Crippen LogP contribution in [0.5, 0.6) is 0 Å². The minimum atomic E-state index is -4.90. The number of nitrogens with one attached hydrogen (secondary N) is 1. The molecule has 8 heteroatoms. The van der Waals surface area contributed by atoms with Gasteiger partial charge in [0.25, 0.3) is 0 Å². The molecule has 0 aliphatic heterocycles. The molecule has 17 heavy (non-hydrogen) atoms. The Balaban J connectivity index is 3.00. The molecule has 90 valence electrons. The van der Waals surface area contributed by atoms with Gasteiger partial charge in [0, 0.05) is 0 Å². The number of rotatable bonds is 0. The van der Waals surface area contributed by atoms with Gasteiger partial charge in [-0.15, -0.1) is 0 Å². The third kappa shape index (κ3) is 1.97. The molecule has 2 rings (SSSR count). The summed E-state index contributed by atoms with van der Waals surface area (Å²) in [6.45, 7) is 0. The van der Waals surface area contributed by atoms with E-state index in [4.69, 9.17) is 11.6 Å². The van der Waals surface area contributed by atoms with E-state index in [0.717, 1.165) is 12.1 Å². The Morgan fingerprint density at radius 3 is 2.53 bits per heavy atom. The molecule has 0 bridgehead atoms. The van der Waals surface area contributed by atoms with Gasteiger partial charge >= 0.3 is 11.9 Å². The number of aromatic amines is 1. The number of halogens is 5. The number of H-pyrrole nitrogens is 1. The van der Waals surface area contributed by atoms with Crippen LogP contribution in [0.3, 0.4) is 0 Å². The molecule has 0 aliphatic rings. The van der Waals surface area contributed by atoms with Gasteiger partial charge in [0.05, 0.1) is 15.9 Å². The SMILES string of the molecule is O=c1nc2ccc(Cl)c(F)c2c(C(F)(F)F)[nH]1. The minimum absolute atomic E-state index is 0.400. The summed E-state index contributed by atoms with van der Waals surface area (Å²) in [4.78, 5) is 15.6. The van der Waals surface area contributed by atoms with E-state index in [1.165, 1.54) is 4.98 Å². The molecular weight excluding hydrogens is 264 g/mol. The van der Waals surface area contributed by atoms with Gasteiger partial charge in [0.2, 0.25) is 0 Å². The lowest BCUT2D eigenvalue weighted by molar-refractivity contribution is -0.140. The summed E-state index contributed by atoms with van der Waals surface area (Å²) in [5.74, 6) is -1.26. The monoisotopic (exact) mass is 266 g/mol. The van der Waals surface area contributed by atoms with E-state index < -0.39 is 39.3 Å². The molecule has 0 radical (unpaired) electrons. The molecule has 0 fully saturated rings. The largest absolute Gasteiger partial charge is 0.432 e. The maximum atomic E-state index is 13.5. The number of aromatic nitrogens is 2. The van der Waals surface area contributed by atoms with E-state index >= 15 is 0 Å². The first-order valence-corrected chi connectivity index (χ1v) is 4.63. The zero-order valence-corrected chi connectivity index (χ0v) is 8.66. The lowest BCUT2D eigenvalue weighted by Crippen LogP contribution is -2.20. The van der Waals surface area contributed by atoms with Crippen molar-refractivity contribution in [2.24, 2.45) is 0 Å². The van der Waals surface area contributed by atoms with Crippen molar-refractivity contribution in [3.8, 4) is 0 Å². The van der Waals surface area contributed by atoms with Crippen LogP contribution < -0.4 is 5.69 Å². The Morgan fingerprint density at radius 2 is 1.94 bits per heavy atom. The molecule has 0 spiro atoms. The quantitative estimate of drug-likeness (QED) is 0.745. The van der Waals surface area contributed by atoms with E-state index in [-0.39, 0.29) is 0 Å². The second-order valence-corrected chi connectivity index (χ2v) is 3.58. The molecule has 0 amide bonds. The van der Waals surface area contributed by atoms with Gasteiger partial charge in [0.1, 0.15) is 5.69 Å². The van der Waals surface area contributed by atoms with Crippen molar-refractivity contribution in [3.05, 3.63) is 39.2 Å². The maximum Gasteiger partial charge on any atom is 0.432 e. The summed E-state index contributed by atoms with van der Waals surface area (Å²) < 4.78 is 51.3. The van der Waals surface area contributed by atoms with E-state index in [9.17, 15) is 22.4 Å². The molecule has 2 aromatic rings. The van der Waals surface area contributed by atoms with Crippen molar-refractivity contribution in [2.45, 2.75) is 6.18 Å². The summed E-state index contributed by atoms with van der Waals surface area (Å²) in [6.07, 6.45) is -4.90. The highest BCUT2D eigenvalue weighted by atomic mass is 35.5. The number of fused-ring (bicyclic) bond motifs is 1. The van der Waals surface area contributed by atoms with Gasteiger partial charge in [-0.25, -0.2) is 9.18 Å². The topological polar surface area (TPSA) is 45.8 Å². The van der Waals surface area contributed by atoms with Gasteiger partial charge in [-0.1, -0.05) is 11.6 Å². The number of hydrogen-bond acceptors (Lipinski definition) is 2. The first-order chi connectivity index (χ1) is 7.80. The fraction of sp³-hybridized carbons (Fsp3) is 0.111. The summed E-state index contributed by atoms with van der Waals surface area (Å²) in [5, 5.41) is -1.32. The van der Waals surface area contributed by atoms with Crippen molar-refractivity contribution in [1.29, 1.82) is 0 Å². The third-order valence-electron chi connectivity index (χ3n) is 2.06. The van der Waals surface area contributed by atoms with Crippen LogP contribution in [0.4, 0.5) is 17.6 Å². The molecule has 0 saturated heterocycles. The van der Waals surface area contributed by atoms with Crippen molar-refractivity contribution in [3.63, 3.8) is 0 Å². The normalized spacial score (nSPS) is 12.1. The lowest BCUT2D eigenvalue weighted by atomic mass is 10.1. The Bertz CT molecular complexity index is 650. The molecule has 1 heterocycles.